The van der Waals surface area contributed by atoms with Gasteiger partial charge in [0.25, 0.3) is 5.91 Å². The lowest BCUT2D eigenvalue weighted by Gasteiger charge is -2.22. The maximum Gasteiger partial charge on any atom is 0.252 e. The molecule has 1 saturated heterocycles. The molecule has 1 aromatic heterocycles. The summed E-state index contributed by atoms with van der Waals surface area (Å²) in [6, 6.07) is 3.42. The van der Waals surface area contributed by atoms with Gasteiger partial charge in [-0.3, -0.25) is 4.79 Å². The van der Waals surface area contributed by atoms with Crippen LogP contribution in [0.4, 0.5) is 5.82 Å². The standard InChI is InChI=1S/C12H17N3O2/c1-15(7-9-4-6-17-8-9)12-10(11(13)16)3-2-5-14-12/h2-3,5,9H,4,6-8H2,1H3,(H2,13,16)/t9-/m1/s1. The molecule has 5 heteroatoms. The fourth-order valence-electron chi connectivity index (χ4n) is 2.09. The van der Waals surface area contributed by atoms with Gasteiger partial charge in [0.15, 0.2) is 0 Å². The number of hydrogen-bond donors (Lipinski definition) is 1. The second-order valence-electron chi connectivity index (χ2n) is 4.35. The number of carbonyl (C=O) groups is 1. The average Bonchev–Trinajstić information content (AvgIpc) is 2.81. The largest absolute Gasteiger partial charge is 0.381 e. The van der Waals surface area contributed by atoms with E-state index in [2.05, 4.69) is 4.98 Å². The molecule has 5 nitrogen and oxygen atoms in total. The molecule has 0 unspecified atom stereocenters. The van der Waals surface area contributed by atoms with Crippen LogP contribution in [0.3, 0.4) is 0 Å². The van der Waals surface area contributed by atoms with Gasteiger partial charge in [-0.2, -0.15) is 0 Å². The van der Waals surface area contributed by atoms with Crippen molar-refractivity contribution in [2.75, 3.05) is 31.7 Å². The van der Waals surface area contributed by atoms with Crippen molar-refractivity contribution < 1.29 is 9.53 Å². The molecular weight excluding hydrogens is 218 g/mol. The summed E-state index contributed by atoms with van der Waals surface area (Å²) in [5.74, 6) is 0.706. The molecule has 0 spiro atoms. The number of nitrogens with two attached hydrogens (primary N) is 1. The highest BCUT2D eigenvalue weighted by molar-refractivity contribution is 5.97. The Morgan fingerprint density at radius 2 is 2.53 bits per heavy atom. The van der Waals surface area contributed by atoms with Crippen molar-refractivity contribution >= 4 is 11.7 Å². The minimum Gasteiger partial charge on any atom is -0.381 e. The maximum absolute atomic E-state index is 11.3. The molecule has 92 valence electrons. The number of anilines is 1. The highest BCUT2D eigenvalue weighted by Crippen LogP contribution is 2.19. The first-order valence-electron chi connectivity index (χ1n) is 5.72. The van der Waals surface area contributed by atoms with Crippen molar-refractivity contribution in [1.82, 2.24) is 4.98 Å². The van der Waals surface area contributed by atoms with Gasteiger partial charge in [0, 0.05) is 32.3 Å². The molecule has 1 aliphatic rings. The zero-order chi connectivity index (χ0) is 12.3. The Kier molecular flexibility index (Phi) is 3.58. The van der Waals surface area contributed by atoms with Gasteiger partial charge in [0.2, 0.25) is 0 Å². The summed E-state index contributed by atoms with van der Waals surface area (Å²) in [5, 5.41) is 0. The average molecular weight is 235 g/mol. The number of pyridine rings is 1. The van der Waals surface area contributed by atoms with Crippen LogP contribution < -0.4 is 10.6 Å². The van der Waals surface area contributed by atoms with E-state index < -0.39 is 5.91 Å². The Labute approximate surface area is 101 Å². The summed E-state index contributed by atoms with van der Waals surface area (Å²) in [5.41, 5.74) is 5.80. The first kappa shape index (κ1) is 11.9. The van der Waals surface area contributed by atoms with Crippen molar-refractivity contribution in [3.8, 4) is 0 Å². The first-order chi connectivity index (χ1) is 8.18. The lowest BCUT2D eigenvalue weighted by atomic mass is 10.1. The van der Waals surface area contributed by atoms with Crippen LogP contribution in [0.2, 0.25) is 0 Å². The Balaban J connectivity index is 2.12. The van der Waals surface area contributed by atoms with Crippen LogP contribution in [0.15, 0.2) is 18.3 Å². The van der Waals surface area contributed by atoms with Gasteiger partial charge in [-0.1, -0.05) is 0 Å². The van der Waals surface area contributed by atoms with E-state index in [0.717, 1.165) is 26.2 Å². The van der Waals surface area contributed by atoms with E-state index in [-0.39, 0.29) is 0 Å². The topological polar surface area (TPSA) is 68.4 Å². The molecule has 2 N–H and O–H groups in total. The van der Waals surface area contributed by atoms with Crippen LogP contribution in [0.5, 0.6) is 0 Å². The summed E-state index contributed by atoms with van der Waals surface area (Å²) >= 11 is 0. The molecule has 1 atom stereocenters. The van der Waals surface area contributed by atoms with Crippen LogP contribution >= 0.6 is 0 Å². The van der Waals surface area contributed by atoms with E-state index in [1.165, 1.54) is 0 Å². The third-order valence-electron chi connectivity index (χ3n) is 2.97. The van der Waals surface area contributed by atoms with Gasteiger partial charge in [0.05, 0.1) is 12.2 Å². The summed E-state index contributed by atoms with van der Waals surface area (Å²) in [6.45, 7) is 2.43. The van der Waals surface area contributed by atoms with E-state index >= 15 is 0 Å². The molecule has 0 bridgehead atoms. The summed E-state index contributed by atoms with van der Waals surface area (Å²) in [6.07, 6.45) is 2.73. The number of rotatable bonds is 4. The van der Waals surface area contributed by atoms with Gasteiger partial charge < -0.3 is 15.4 Å². The Morgan fingerprint density at radius 3 is 3.18 bits per heavy atom. The molecule has 1 aliphatic heterocycles. The number of aromatic nitrogens is 1. The predicted molar refractivity (Wildman–Crippen MR) is 65.0 cm³/mol. The fraction of sp³-hybridized carbons (Fsp3) is 0.500. The predicted octanol–water partition coefficient (Wildman–Crippen LogP) is 0.653. The first-order valence-corrected chi connectivity index (χ1v) is 5.72. The molecule has 0 aromatic carbocycles. The highest BCUT2D eigenvalue weighted by atomic mass is 16.5. The second-order valence-corrected chi connectivity index (χ2v) is 4.35. The van der Waals surface area contributed by atoms with E-state index in [4.69, 9.17) is 10.5 Å². The van der Waals surface area contributed by atoms with Crippen molar-refractivity contribution in [3.05, 3.63) is 23.9 Å². The summed E-state index contributed by atoms with van der Waals surface area (Å²) in [7, 11) is 1.92. The number of carbonyl (C=O) groups excluding carboxylic acids is 1. The molecule has 1 aromatic rings. The summed E-state index contributed by atoms with van der Waals surface area (Å²) in [4.78, 5) is 17.5. The molecule has 1 fully saturated rings. The SMILES string of the molecule is CN(C[C@H]1CCOC1)c1ncccc1C(N)=O. The van der Waals surface area contributed by atoms with Crippen molar-refractivity contribution in [2.24, 2.45) is 11.7 Å². The molecule has 1 amide bonds. The third kappa shape index (κ3) is 2.74. The van der Waals surface area contributed by atoms with Gasteiger partial charge in [-0.15, -0.1) is 0 Å². The zero-order valence-corrected chi connectivity index (χ0v) is 9.93. The minimum atomic E-state index is -0.442. The normalized spacial score (nSPS) is 19.2. The van der Waals surface area contributed by atoms with Gasteiger partial charge in [-0.05, 0) is 18.6 Å². The zero-order valence-electron chi connectivity index (χ0n) is 9.93. The number of nitrogens with zero attached hydrogens (tertiary/aromatic N) is 2. The van der Waals surface area contributed by atoms with Crippen molar-refractivity contribution in [1.29, 1.82) is 0 Å². The number of amides is 1. The highest BCUT2D eigenvalue weighted by Gasteiger charge is 2.20. The minimum absolute atomic E-state index is 0.442. The second kappa shape index (κ2) is 5.14. The van der Waals surface area contributed by atoms with Crippen LogP contribution in [-0.2, 0) is 4.74 Å². The quantitative estimate of drug-likeness (QED) is 0.832. The molecule has 0 radical (unpaired) electrons. The Morgan fingerprint density at radius 1 is 1.71 bits per heavy atom. The van der Waals surface area contributed by atoms with Crippen LogP contribution in [0.1, 0.15) is 16.8 Å². The van der Waals surface area contributed by atoms with E-state index in [1.54, 1.807) is 18.3 Å². The molecular formula is C12H17N3O2. The van der Waals surface area contributed by atoms with Gasteiger partial charge in [-0.25, -0.2) is 4.98 Å². The van der Waals surface area contributed by atoms with Crippen LogP contribution in [0.25, 0.3) is 0 Å². The van der Waals surface area contributed by atoms with E-state index in [0.29, 0.717) is 17.3 Å². The Bertz CT molecular complexity index is 402. The van der Waals surface area contributed by atoms with Crippen LogP contribution in [-0.4, -0.2) is 37.7 Å². The number of primary amides is 1. The maximum atomic E-state index is 11.3. The third-order valence-corrected chi connectivity index (χ3v) is 2.97. The molecule has 2 rings (SSSR count). The number of hydrogen-bond acceptors (Lipinski definition) is 4. The lowest BCUT2D eigenvalue weighted by molar-refractivity contribution is 0.100. The van der Waals surface area contributed by atoms with Gasteiger partial charge in [0.1, 0.15) is 5.82 Å². The molecule has 0 saturated carbocycles. The van der Waals surface area contributed by atoms with E-state index in [9.17, 15) is 4.79 Å². The summed E-state index contributed by atoms with van der Waals surface area (Å²) < 4.78 is 5.33. The molecule has 2 heterocycles. The van der Waals surface area contributed by atoms with Crippen LogP contribution in [0, 0.1) is 5.92 Å². The van der Waals surface area contributed by atoms with Crippen molar-refractivity contribution in [2.45, 2.75) is 6.42 Å². The number of ether oxygens (including phenoxy) is 1. The fourth-order valence-corrected chi connectivity index (χ4v) is 2.09. The Hall–Kier alpha value is -1.62. The molecule has 0 aliphatic carbocycles. The van der Waals surface area contributed by atoms with E-state index in [1.807, 2.05) is 11.9 Å². The monoisotopic (exact) mass is 235 g/mol. The smallest absolute Gasteiger partial charge is 0.252 e. The lowest BCUT2D eigenvalue weighted by Crippen LogP contribution is -2.29. The molecule has 17 heavy (non-hydrogen) atoms. The van der Waals surface area contributed by atoms with Crippen molar-refractivity contribution in [3.63, 3.8) is 0 Å². The van der Waals surface area contributed by atoms with Gasteiger partial charge >= 0.3 is 0 Å².